The maximum Gasteiger partial charge on any atom is 0.374 e. The van der Waals surface area contributed by atoms with Crippen LogP contribution in [0.3, 0.4) is 0 Å². The van der Waals surface area contributed by atoms with Crippen molar-refractivity contribution in [2.24, 2.45) is 0 Å². The number of carboxylic acid groups (broad SMARTS) is 1. The molecule has 0 spiro atoms. The summed E-state index contributed by atoms with van der Waals surface area (Å²) in [5.41, 5.74) is 2.14. The van der Waals surface area contributed by atoms with Gasteiger partial charge in [-0.25, -0.2) is 9.78 Å². The van der Waals surface area contributed by atoms with Crippen LogP contribution < -0.4 is 0 Å². The Hall–Kier alpha value is -2.56. The number of nitrogens with zero attached hydrogens (tertiary/aromatic N) is 2. The molecular formula is C15H12N2O3. The number of rotatable bonds is 3. The molecule has 1 fully saturated rings. The molecule has 2 aromatic heterocycles. The van der Waals surface area contributed by atoms with Gasteiger partial charge in [0.2, 0.25) is 5.76 Å². The summed E-state index contributed by atoms with van der Waals surface area (Å²) in [7, 11) is 0. The van der Waals surface area contributed by atoms with Gasteiger partial charge in [0.15, 0.2) is 0 Å². The van der Waals surface area contributed by atoms with Gasteiger partial charge in [-0.2, -0.15) is 0 Å². The molecule has 3 aromatic rings. The fourth-order valence-corrected chi connectivity index (χ4v) is 2.48. The minimum Gasteiger partial charge on any atom is -0.475 e. The van der Waals surface area contributed by atoms with Crippen molar-refractivity contribution in [2.75, 3.05) is 0 Å². The number of carboxylic acids is 1. The van der Waals surface area contributed by atoms with Crippen LogP contribution in [0.4, 0.5) is 0 Å². The van der Waals surface area contributed by atoms with Gasteiger partial charge in [0.25, 0.3) is 0 Å². The number of hydrogen-bond acceptors (Lipinski definition) is 3. The van der Waals surface area contributed by atoms with E-state index >= 15 is 0 Å². The number of aromatic carboxylic acids is 1. The van der Waals surface area contributed by atoms with Crippen LogP contribution in [0.2, 0.25) is 0 Å². The molecule has 5 heteroatoms. The monoisotopic (exact) mass is 268 g/mol. The highest BCUT2D eigenvalue weighted by molar-refractivity contribution is 5.99. The number of aromatic nitrogens is 2. The summed E-state index contributed by atoms with van der Waals surface area (Å²) in [5, 5.41) is 10.1. The van der Waals surface area contributed by atoms with Crippen LogP contribution in [0.1, 0.15) is 35.0 Å². The average molecular weight is 268 g/mol. The first-order chi connectivity index (χ1) is 9.74. The average Bonchev–Trinajstić information content (AvgIpc) is 3.05. The number of hydrogen-bond donors (Lipinski definition) is 1. The fourth-order valence-electron chi connectivity index (χ4n) is 2.48. The minimum absolute atomic E-state index is 0.0500. The van der Waals surface area contributed by atoms with Gasteiger partial charge in [-0.1, -0.05) is 12.1 Å². The van der Waals surface area contributed by atoms with Crippen molar-refractivity contribution in [1.29, 1.82) is 0 Å². The van der Waals surface area contributed by atoms with Crippen LogP contribution in [0, 0.1) is 0 Å². The lowest BCUT2D eigenvalue weighted by Gasteiger charge is -2.00. The van der Waals surface area contributed by atoms with E-state index in [9.17, 15) is 9.90 Å². The van der Waals surface area contributed by atoms with Gasteiger partial charge in [0.1, 0.15) is 11.3 Å². The van der Waals surface area contributed by atoms with E-state index in [0.29, 0.717) is 17.2 Å². The van der Waals surface area contributed by atoms with Gasteiger partial charge in [-0.3, -0.25) is 0 Å². The highest BCUT2D eigenvalue weighted by Crippen LogP contribution is 2.39. The highest BCUT2D eigenvalue weighted by Gasteiger charge is 2.27. The summed E-state index contributed by atoms with van der Waals surface area (Å²) < 4.78 is 7.21. The maximum absolute atomic E-state index is 11.4. The lowest BCUT2D eigenvalue weighted by atomic mass is 10.2. The SMILES string of the molecule is O=C(O)c1oc2ccccc2c1-n1cnc(C2CC2)c1. The molecule has 0 atom stereocenters. The Morgan fingerprint density at radius 3 is 2.90 bits per heavy atom. The van der Waals surface area contributed by atoms with Gasteiger partial charge in [0.05, 0.1) is 12.0 Å². The number of para-hydroxylation sites is 1. The van der Waals surface area contributed by atoms with Crippen LogP contribution >= 0.6 is 0 Å². The third kappa shape index (κ3) is 1.63. The number of imidazole rings is 1. The normalized spacial score (nSPS) is 14.8. The molecule has 100 valence electrons. The molecular weight excluding hydrogens is 256 g/mol. The van der Waals surface area contributed by atoms with Crippen LogP contribution in [0.15, 0.2) is 41.2 Å². The van der Waals surface area contributed by atoms with Crippen LogP contribution in [-0.4, -0.2) is 20.6 Å². The molecule has 0 aliphatic heterocycles. The van der Waals surface area contributed by atoms with Crippen molar-refractivity contribution in [1.82, 2.24) is 9.55 Å². The molecule has 1 saturated carbocycles. The largest absolute Gasteiger partial charge is 0.475 e. The molecule has 1 N–H and O–H groups in total. The predicted molar refractivity (Wildman–Crippen MR) is 72.3 cm³/mol. The highest BCUT2D eigenvalue weighted by atomic mass is 16.4. The Balaban J connectivity index is 1.95. The van der Waals surface area contributed by atoms with Crippen molar-refractivity contribution < 1.29 is 14.3 Å². The van der Waals surface area contributed by atoms with Crippen molar-refractivity contribution in [2.45, 2.75) is 18.8 Å². The summed E-state index contributed by atoms with van der Waals surface area (Å²) in [4.78, 5) is 15.8. The summed E-state index contributed by atoms with van der Waals surface area (Å²) in [6.07, 6.45) is 5.89. The second kappa shape index (κ2) is 3.96. The van der Waals surface area contributed by atoms with E-state index in [4.69, 9.17) is 4.42 Å². The molecule has 1 aromatic carbocycles. The molecule has 20 heavy (non-hydrogen) atoms. The van der Waals surface area contributed by atoms with Gasteiger partial charge in [-0.15, -0.1) is 0 Å². The van der Waals surface area contributed by atoms with Crippen molar-refractivity contribution >= 4 is 16.9 Å². The summed E-state index contributed by atoms with van der Waals surface area (Å²) in [6.45, 7) is 0. The maximum atomic E-state index is 11.4. The zero-order valence-corrected chi connectivity index (χ0v) is 10.6. The minimum atomic E-state index is -1.07. The molecule has 2 heterocycles. The Labute approximate surface area is 114 Å². The predicted octanol–water partition coefficient (Wildman–Crippen LogP) is 3.19. The molecule has 0 amide bonds. The first-order valence-electron chi connectivity index (χ1n) is 6.53. The van der Waals surface area contributed by atoms with Gasteiger partial charge in [0, 0.05) is 17.5 Å². The third-order valence-electron chi connectivity index (χ3n) is 3.62. The first-order valence-corrected chi connectivity index (χ1v) is 6.53. The number of fused-ring (bicyclic) bond motifs is 1. The molecule has 5 nitrogen and oxygen atoms in total. The molecule has 0 radical (unpaired) electrons. The lowest BCUT2D eigenvalue weighted by Crippen LogP contribution is -2.01. The van der Waals surface area contributed by atoms with E-state index in [1.54, 1.807) is 17.0 Å². The summed E-state index contributed by atoms with van der Waals surface area (Å²) >= 11 is 0. The van der Waals surface area contributed by atoms with Crippen molar-refractivity contribution in [3.8, 4) is 5.69 Å². The molecule has 0 bridgehead atoms. The smallest absolute Gasteiger partial charge is 0.374 e. The topological polar surface area (TPSA) is 68.3 Å². The summed E-state index contributed by atoms with van der Waals surface area (Å²) in [6, 6.07) is 7.32. The molecule has 1 aliphatic rings. The van der Waals surface area contributed by atoms with E-state index in [2.05, 4.69) is 4.98 Å². The first kappa shape index (κ1) is 11.3. The van der Waals surface area contributed by atoms with Crippen LogP contribution in [0.5, 0.6) is 0 Å². The zero-order chi connectivity index (χ0) is 13.7. The standard InChI is InChI=1S/C15H12N2O3/c18-15(19)14-13(10-3-1-2-4-12(10)20-14)17-7-11(16-8-17)9-5-6-9/h1-4,7-9H,5-6H2,(H,18,19). The number of furan rings is 1. The lowest BCUT2D eigenvalue weighted by molar-refractivity contribution is 0.0665. The third-order valence-corrected chi connectivity index (χ3v) is 3.62. The van der Waals surface area contributed by atoms with E-state index in [1.807, 2.05) is 24.4 Å². The number of benzene rings is 1. The number of carbonyl (C=O) groups is 1. The van der Waals surface area contributed by atoms with Gasteiger partial charge >= 0.3 is 5.97 Å². The Morgan fingerprint density at radius 2 is 2.15 bits per heavy atom. The van der Waals surface area contributed by atoms with E-state index < -0.39 is 5.97 Å². The quantitative estimate of drug-likeness (QED) is 0.792. The van der Waals surface area contributed by atoms with Crippen LogP contribution in [0.25, 0.3) is 16.7 Å². The van der Waals surface area contributed by atoms with E-state index in [-0.39, 0.29) is 5.76 Å². The fraction of sp³-hybridized carbons (Fsp3) is 0.200. The van der Waals surface area contributed by atoms with E-state index in [0.717, 1.165) is 23.9 Å². The Kier molecular flexibility index (Phi) is 2.24. The van der Waals surface area contributed by atoms with Gasteiger partial charge in [-0.05, 0) is 25.0 Å². The van der Waals surface area contributed by atoms with Crippen molar-refractivity contribution in [3.05, 3.63) is 48.2 Å². The second-order valence-corrected chi connectivity index (χ2v) is 5.06. The van der Waals surface area contributed by atoms with E-state index in [1.165, 1.54) is 0 Å². The zero-order valence-electron chi connectivity index (χ0n) is 10.6. The second-order valence-electron chi connectivity index (χ2n) is 5.06. The van der Waals surface area contributed by atoms with Crippen molar-refractivity contribution in [3.63, 3.8) is 0 Å². The molecule has 1 aliphatic carbocycles. The Bertz CT molecular complexity index is 812. The van der Waals surface area contributed by atoms with Gasteiger partial charge < -0.3 is 14.1 Å². The summed E-state index contributed by atoms with van der Waals surface area (Å²) in [5.74, 6) is -0.591. The molecule has 4 rings (SSSR count). The molecule has 0 saturated heterocycles. The van der Waals surface area contributed by atoms with Crippen LogP contribution in [-0.2, 0) is 0 Å². The Morgan fingerprint density at radius 1 is 1.35 bits per heavy atom. The molecule has 0 unspecified atom stereocenters.